The minimum atomic E-state index is -0.246. The minimum absolute atomic E-state index is 0.0198. The van der Waals surface area contributed by atoms with Gasteiger partial charge in [0, 0.05) is 6.42 Å². The number of fused-ring (bicyclic) bond motifs is 5. The first-order valence-corrected chi connectivity index (χ1v) is 12.1. The molecule has 4 nitrogen and oxygen atoms in total. The summed E-state index contributed by atoms with van der Waals surface area (Å²) in [5, 5.41) is 21.8. The second kappa shape index (κ2) is 7.82. The van der Waals surface area contributed by atoms with Crippen LogP contribution >= 0.6 is 0 Å². The van der Waals surface area contributed by atoms with Gasteiger partial charge in [0.25, 0.3) is 0 Å². The van der Waals surface area contributed by atoms with E-state index in [1.165, 1.54) is 32.8 Å². The minimum Gasteiger partial charge on any atom is -0.469 e. The van der Waals surface area contributed by atoms with Gasteiger partial charge in [-0.15, -0.1) is 0 Å². The summed E-state index contributed by atoms with van der Waals surface area (Å²) in [6.07, 6.45) is 9.86. The zero-order valence-corrected chi connectivity index (χ0v) is 18.9. The molecule has 4 rings (SSSR count). The Morgan fingerprint density at radius 1 is 1.07 bits per heavy atom. The van der Waals surface area contributed by atoms with Crippen LogP contribution in [-0.4, -0.2) is 35.5 Å². The van der Waals surface area contributed by atoms with Crippen molar-refractivity contribution in [3.05, 3.63) is 0 Å². The Bertz CT molecular complexity index is 620. The molecule has 0 heterocycles. The molecule has 0 unspecified atom stereocenters. The maximum Gasteiger partial charge on any atom is 0.305 e. The van der Waals surface area contributed by atoms with Crippen molar-refractivity contribution in [2.75, 3.05) is 7.11 Å². The number of carbonyl (C=O) groups excluding carboxylic acids is 1. The lowest BCUT2D eigenvalue weighted by atomic mass is 9.43. The highest BCUT2D eigenvalue weighted by atomic mass is 16.5. The number of aliphatic hydroxyl groups excluding tert-OH is 2. The van der Waals surface area contributed by atoms with Gasteiger partial charge in [-0.3, -0.25) is 4.79 Å². The van der Waals surface area contributed by atoms with Crippen LogP contribution in [0.5, 0.6) is 0 Å². The summed E-state index contributed by atoms with van der Waals surface area (Å²) in [7, 11) is 1.46. The van der Waals surface area contributed by atoms with Crippen LogP contribution in [0.3, 0.4) is 0 Å². The molecule has 0 bridgehead atoms. The zero-order chi connectivity index (χ0) is 21.0. The highest BCUT2D eigenvalue weighted by Crippen LogP contribution is 2.68. The second-order valence-electron chi connectivity index (χ2n) is 11.5. The molecule has 0 aromatic heterocycles. The molecule has 0 radical (unpaired) electrons. The van der Waals surface area contributed by atoms with E-state index in [1.54, 1.807) is 0 Å². The van der Waals surface area contributed by atoms with Gasteiger partial charge in [-0.1, -0.05) is 20.8 Å². The van der Waals surface area contributed by atoms with E-state index in [1.807, 2.05) is 0 Å². The highest BCUT2D eigenvalue weighted by molar-refractivity contribution is 5.69. The van der Waals surface area contributed by atoms with E-state index in [9.17, 15) is 15.0 Å². The molecular formula is C25H42O4. The van der Waals surface area contributed by atoms with E-state index in [4.69, 9.17) is 4.74 Å². The average molecular weight is 407 g/mol. The fourth-order valence-electron chi connectivity index (χ4n) is 8.81. The Labute approximate surface area is 176 Å². The van der Waals surface area contributed by atoms with Crippen LogP contribution in [0.15, 0.2) is 0 Å². The van der Waals surface area contributed by atoms with Crippen LogP contribution in [0.4, 0.5) is 0 Å². The maximum atomic E-state index is 11.6. The Balaban J connectivity index is 1.53. The Morgan fingerprint density at radius 3 is 2.55 bits per heavy atom. The lowest BCUT2D eigenvalue weighted by Gasteiger charge is -2.62. The molecule has 4 aliphatic carbocycles. The molecule has 2 N–H and O–H groups in total. The first-order chi connectivity index (χ1) is 13.7. The van der Waals surface area contributed by atoms with E-state index in [-0.39, 0.29) is 23.6 Å². The van der Waals surface area contributed by atoms with Crippen LogP contribution in [0, 0.1) is 46.3 Å². The monoisotopic (exact) mass is 406 g/mol. The highest BCUT2D eigenvalue weighted by Gasteiger charge is 2.63. The Hall–Kier alpha value is -0.610. The number of hydrogen-bond donors (Lipinski definition) is 2. The predicted molar refractivity (Wildman–Crippen MR) is 113 cm³/mol. The third-order valence-electron chi connectivity index (χ3n) is 10.5. The Kier molecular flexibility index (Phi) is 5.83. The van der Waals surface area contributed by atoms with E-state index < -0.39 is 0 Å². The van der Waals surface area contributed by atoms with Crippen LogP contribution in [0.1, 0.15) is 85.0 Å². The summed E-state index contributed by atoms with van der Waals surface area (Å²) >= 11 is 0. The van der Waals surface area contributed by atoms with Crippen LogP contribution in [-0.2, 0) is 9.53 Å². The largest absolute Gasteiger partial charge is 0.469 e. The molecule has 4 aliphatic rings. The normalized spacial score (nSPS) is 50.2. The summed E-state index contributed by atoms with van der Waals surface area (Å²) in [5.41, 5.74) is 0.271. The summed E-state index contributed by atoms with van der Waals surface area (Å²) in [5.74, 6) is 3.36. The van der Waals surface area contributed by atoms with Crippen LogP contribution < -0.4 is 0 Å². The summed E-state index contributed by atoms with van der Waals surface area (Å²) < 4.78 is 4.85. The van der Waals surface area contributed by atoms with Gasteiger partial charge in [-0.2, -0.15) is 0 Å². The lowest BCUT2D eigenvalue weighted by Crippen LogP contribution is -2.58. The number of rotatable bonds is 4. The molecule has 29 heavy (non-hydrogen) atoms. The summed E-state index contributed by atoms with van der Waals surface area (Å²) in [6, 6.07) is 0. The van der Waals surface area contributed by atoms with Gasteiger partial charge >= 0.3 is 5.97 Å². The molecule has 4 heteroatoms. The quantitative estimate of drug-likeness (QED) is 0.671. The van der Waals surface area contributed by atoms with Crippen molar-refractivity contribution < 1.29 is 19.7 Å². The van der Waals surface area contributed by atoms with Crippen molar-refractivity contribution in [3.8, 4) is 0 Å². The molecule has 0 saturated heterocycles. The third kappa shape index (κ3) is 3.37. The number of esters is 1. The van der Waals surface area contributed by atoms with Crippen LogP contribution in [0.2, 0.25) is 0 Å². The van der Waals surface area contributed by atoms with E-state index >= 15 is 0 Å². The van der Waals surface area contributed by atoms with E-state index in [0.29, 0.717) is 41.4 Å². The lowest BCUT2D eigenvalue weighted by molar-refractivity contribution is -0.175. The smallest absolute Gasteiger partial charge is 0.305 e. The molecule has 0 aromatic rings. The molecule has 166 valence electrons. The Morgan fingerprint density at radius 2 is 1.83 bits per heavy atom. The molecule has 0 spiro atoms. The zero-order valence-electron chi connectivity index (χ0n) is 18.9. The fourth-order valence-corrected chi connectivity index (χ4v) is 8.81. The number of aliphatic hydroxyl groups is 2. The first kappa shape index (κ1) is 21.6. The molecule has 4 fully saturated rings. The summed E-state index contributed by atoms with van der Waals surface area (Å²) in [4.78, 5) is 11.6. The number of carbonyl (C=O) groups is 1. The predicted octanol–water partition coefficient (Wildman–Crippen LogP) is 4.57. The fraction of sp³-hybridized carbons (Fsp3) is 0.960. The molecule has 0 aromatic carbocycles. The van der Waals surface area contributed by atoms with E-state index in [0.717, 1.165) is 38.0 Å². The van der Waals surface area contributed by atoms with Crippen LogP contribution in [0.25, 0.3) is 0 Å². The molecule has 10 atom stereocenters. The molecule has 0 amide bonds. The van der Waals surface area contributed by atoms with Crippen molar-refractivity contribution in [2.24, 2.45) is 46.3 Å². The molecule has 4 saturated carbocycles. The number of ether oxygens (including phenoxy) is 1. The first-order valence-electron chi connectivity index (χ1n) is 12.1. The van der Waals surface area contributed by atoms with Crippen molar-refractivity contribution in [1.82, 2.24) is 0 Å². The van der Waals surface area contributed by atoms with Gasteiger partial charge in [0.05, 0.1) is 19.3 Å². The molecule has 0 aliphatic heterocycles. The van der Waals surface area contributed by atoms with Gasteiger partial charge < -0.3 is 14.9 Å². The van der Waals surface area contributed by atoms with Crippen molar-refractivity contribution in [3.63, 3.8) is 0 Å². The van der Waals surface area contributed by atoms with Gasteiger partial charge in [0.1, 0.15) is 0 Å². The average Bonchev–Trinajstić information content (AvgIpc) is 3.06. The molecular weight excluding hydrogens is 364 g/mol. The summed E-state index contributed by atoms with van der Waals surface area (Å²) in [6.45, 7) is 7.12. The number of methoxy groups -OCH3 is 1. The topological polar surface area (TPSA) is 66.8 Å². The van der Waals surface area contributed by atoms with Gasteiger partial charge in [-0.25, -0.2) is 0 Å². The number of hydrogen-bond acceptors (Lipinski definition) is 4. The van der Waals surface area contributed by atoms with Crippen molar-refractivity contribution in [1.29, 1.82) is 0 Å². The van der Waals surface area contributed by atoms with Crippen molar-refractivity contribution >= 4 is 5.97 Å². The SMILES string of the molecule is COC(=O)CC[C@@H](C)[C@H]1CC[C@H]2[C@@H]3CC[C@H]4C[C@H](O)CC[C@]4(C)[C@H]3C[C@H](O)[C@]12C. The standard InChI is InChI=1S/C25H42O4/c1-15(5-10-23(28)29-4)19-8-9-20-18-7-6-16-13-17(26)11-12-24(16,2)21(18)14-22(27)25(19,20)3/h15-22,26-27H,5-14H2,1-4H3/t15-,16+,17-,18+,19-,20+,21+,22+,24+,25-/m1/s1. The van der Waals surface area contributed by atoms with Gasteiger partial charge in [0.15, 0.2) is 0 Å². The van der Waals surface area contributed by atoms with Gasteiger partial charge in [0.2, 0.25) is 0 Å². The van der Waals surface area contributed by atoms with Gasteiger partial charge in [-0.05, 0) is 104 Å². The van der Waals surface area contributed by atoms with E-state index in [2.05, 4.69) is 20.8 Å². The third-order valence-corrected chi connectivity index (χ3v) is 10.5. The van der Waals surface area contributed by atoms with Crippen molar-refractivity contribution in [2.45, 2.75) is 97.2 Å². The maximum absolute atomic E-state index is 11.6. The second-order valence-corrected chi connectivity index (χ2v) is 11.5.